The van der Waals surface area contributed by atoms with E-state index in [1.165, 1.54) is 32.1 Å². The van der Waals surface area contributed by atoms with Crippen LogP contribution in [0.15, 0.2) is 0 Å². The maximum Gasteiger partial charge on any atom is 0.317 e. The molecule has 1 aliphatic carbocycles. The van der Waals surface area contributed by atoms with Crippen LogP contribution in [0.25, 0.3) is 0 Å². The molecule has 5 heteroatoms. The standard InChI is InChI=1S/C14H26N2O3/c1-16(11-12-7-3-2-4-8-12)14(19)15-10-6-5-9-13(17)18/h12H,2-11H2,1H3,(H,15,19)(H,17,18). The number of nitrogens with zero attached hydrogens (tertiary/aromatic N) is 1. The fourth-order valence-corrected chi connectivity index (χ4v) is 2.57. The maximum atomic E-state index is 11.8. The van der Waals surface area contributed by atoms with E-state index in [1.807, 2.05) is 7.05 Å². The van der Waals surface area contributed by atoms with Crippen LogP contribution in [0.4, 0.5) is 4.79 Å². The number of carboxylic acids is 1. The summed E-state index contributed by atoms with van der Waals surface area (Å²) in [6.07, 6.45) is 7.87. The van der Waals surface area contributed by atoms with Crippen LogP contribution in [-0.2, 0) is 4.79 Å². The molecule has 0 aromatic heterocycles. The van der Waals surface area contributed by atoms with Gasteiger partial charge < -0.3 is 15.3 Å². The molecule has 0 bridgehead atoms. The molecule has 1 aliphatic rings. The van der Waals surface area contributed by atoms with Gasteiger partial charge in [-0.05, 0) is 31.6 Å². The first-order valence-electron chi connectivity index (χ1n) is 7.30. The summed E-state index contributed by atoms with van der Waals surface area (Å²) in [6.45, 7) is 1.39. The summed E-state index contributed by atoms with van der Waals surface area (Å²) in [4.78, 5) is 23.9. The molecule has 0 aromatic rings. The van der Waals surface area contributed by atoms with Gasteiger partial charge >= 0.3 is 12.0 Å². The lowest BCUT2D eigenvalue weighted by molar-refractivity contribution is -0.137. The molecule has 0 saturated heterocycles. The highest BCUT2D eigenvalue weighted by Gasteiger charge is 2.17. The second-order valence-corrected chi connectivity index (χ2v) is 5.47. The Balaban J connectivity index is 2.08. The molecule has 1 saturated carbocycles. The van der Waals surface area contributed by atoms with E-state index in [2.05, 4.69) is 5.32 Å². The SMILES string of the molecule is CN(CC1CCCCC1)C(=O)NCCCCC(=O)O. The van der Waals surface area contributed by atoms with Gasteiger partial charge in [0.1, 0.15) is 0 Å². The van der Waals surface area contributed by atoms with E-state index < -0.39 is 5.97 Å². The Labute approximate surface area is 115 Å². The van der Waals surface area contributed by atoms with Gasteiger partial charge in [-0.25, -0.2) is 4.79 Å². The molecule has 110 valence electrons. The van der Waals surface area contributed by atoms with Gasteiger partial charge in [-0.3, -0.25) is 4.79 Å². The van der Waals surface area contributed by atoms with E-state index in [1.54, 1.807) is 4.90 Å². The number of hydrogen-bond donors (Lipinski definition) is 2. The van der Waals surface area contributed by atoms with Gasteiger partial charge in [0.25, 0.3) is 0 Å². The quantitative estimate of drug-likeness (QED) is 0.698. The van der Waals surface area contributed by atoms with Gasteiger partial charge in [0.05, 0.1) is 0 Å². The monoisotopic (exact) mass is 270 g/mol. The van der Waals surface area contributed by atoms with Gasteiger partial charge in [0.15, 0.2) is 0 Å². The smallest absolute Gasteiger partial charge is 0.317 e. The number of unbranched alkanes of at least 4 members (excludes halogenated alkanes) is 1. The van der Waals surface area contributed by atoms with Crippen molar-refractivity contribution in [3.05, 3.63) is 0 Å². The van der Waals surface area contributed by atoms with Crippen LogP contribution in [0.1, 0.15) is 51.4 Å². The molecule has 0 radical (unpaired) electrons. The van der Waals surface area contributed by atoms with Gasteiger partial charge in [-0.2, -0.15) is 0 Å². The average Bonchev–Trinajstić information content (AvgIpc) is 2.38. The molecule has 1 fully saturated rings. The number of nitrogens with one attached hydrogen (secondary N) is 1. The topological polar surface area (TPSA) is 69.6 Å². The molecule has 2 N–H and O–H groups in total. The zero-order chi connectivity index (χ0) is 14.1. The first kappa shape index (κ1) is 15.8. The van der Waals surface area contributed by atoms with Crippen molar-refractivity contribution in [1.29, 1.82) is 0 Å². The van der Waals surface area contributed by atoms with Crippen LogP contribution in [-0.4, -0.2) is 42.1 Å². The lowest BCUT2D eigenvalue weighted by Gasteiger charge is -2.27. The van der Waals surface area contributed by atoms with Crippen molar-refractivity contribution in [2.45, 2.75) is 51.4 Å². The number of rotatable bonds is 7. The zero-order valence-electron chi connectivity index (χ0n) is 11.9. The molecule has 0 spiro atoms. The minimum absolute atomic E-state index is 0.0408. The van der Waals surface area contributed by atoms with E-state index in [0.29, 0.717) is 18.9 Å². The van der Waals surface area contributed by atoms with E-state index in [9.17, 15) is 9.59 Å². The average molecular weight is 270 g/mol. The van der Waals surface area contributed by atoms with Crippen molar-refractivity contribution >= 4 is 12.0 Å². The lowest BCUT2D eigenvalue weighted by Crippen LogP contribution is -2.40. The summed E-state index contributed by atoms with van der Waals surface area (Å²) in [5.41, 5.74) is 0. The fourth-order valence-electron chi connectivity index (χ4n) is 2.57. The third-order valence-corrected chi connectivity index (χ3v) is 3.70. The Kier molecular flexibility index (Phi) is 7.30. The van der Waals surface area contributed by atoms with Gasteiger partial charge in [0, 0.05) is 26.6 Å². The Morgan fingerprint density at radius 2 is 1.89 bits per heavy atom. The number of carbonyl (C=O) groups excluding carboxylic acids is 1. The Morgan fingerprint density at radius 3 is 2.53 bits per heavy atom. The zero-order valence-corrected chi connectivity index (χ0v) is 11.9. The third kappa shape index (κ3) is 7.03. The maximum absolute atomic E-state index is 11.8. The molecule has 0 aliphatic heterocycles. The van der Waals surface area contributed by atoms with Crippen molar-refractivity contribution in [1.82, 2.24) is 10.2 Å². The molecule has 19 heavy (non-hydrogen) atoms. The summed E-state index contributed by atoms with van der Waals surface area (Å²) in [7, 11) is 1.83. The number of carboxylic acid groups (broad SMARTS) is 1. The minimum Gasteiger partial charge on any atom is -0.481 e. The largest absolute Gasteiger partial charge is 0.481 e. The van der Waals surface area contributed by atoms with Crippen LogP contribution < -0.4 is 5.32 Å². The predicted molar refractivity (Wildman–Crippen MR) is 74.1 cm³/mol. The van der Waals surface area contributed by atoms with E-state index in [4.69, 9.17) is 5.11 Å². The minimum atomic E-state index is -0.777. The summed E-state index contributed by atoms with van der Waals surface area (Å²) >= 11 is 0. The van der Waals surface area contributed by atoms with Crippen molar-refractivity contribution < 1.29 is 14.7 Å². The van der Waals surface area contributed by atoms with Crippen LogP contribution in [0, 0.1) is 5.92 Å². The second-order valence-electron chi connectivity index (χ2n) is 5.47. The summed E-state index contributed by atoms with van der Waals surface area (Å²) in [6, 6.07) is -0.0408. The van der Waals surface area contributed by atoms with Crippen LogP contribution in [0.3, 0.4) is 0 Å². The molecule has 0 aromatic carbocycles. The molecule has 0 atom stereocenters. The molecular formula is C14H26N2O3. The van der Waals surface area contributed by atoms with Crippen molar-refractivity contribution in [2.24, 2.45) is 5.92 Å². The number of urea groups is 1. The number of hydrogen-bond acceptors (Lipinski definition) is 2. The Hall–Kier alpha value is -1.26. The molecular weight excluding hydrogens is 244 g/mol. The van der Waals surface area contributed by atoms with Crippen molar-refractivity contribution in [2.75, 3.05) is 20.1 Å². The van der Waals surface area contributed by atoms with Gasteiger partial charge in [0.2, 0.25) is 0 Å². The first-order chi connectivity index (χ1) is 9.09. The Morgan fingerprint density at radius 1 is 1.21 bits per heavy atom. The van der Waals surface area contributed by atoms with E-state index in [-0.39, 0.29) is 12.5 Å². The summed E-state index contributed by atoms with van der Waals surface area (Å²) < 4.78 is 0. The van der Waals surface area contributed by atoms with Crippen LogP contribution >= 0.6 is 0 Å². The highest BCUT2D eigenvalue weighted by Crippen LogP contribution is 2.23. The van der Waals surface area contributed by atoms with E-state index >= 15 is 0 Å². The summed E-state index contributed by atoms with van der Waals surface area (Å²) in [5.74, 6) is -0.128. The number of carbonyl (C=O) groups is 2. The van der Waals surface area contributed by atoms with Gasteiger partial charge in [-0.1, -0.05) is 19.3 Å². The highest BCUT2D eigenvalue weighted by atomic mass is 16.4. The molecule has 0 heterocycles. The normalized spacial score (nSPS) is 16.1. The molecule has 5 nitrogen and oxygen atoms in total. The summed E-state index contributed by atoms with van der Waals surface area (Å²) in [5, 5.41) is 11.3. The van der Waals surface area contributed by atoms with Gasteiger partial charge in [-0.15, -0.1) is 0 Å². The van der Waals surface area contributed by atoms with Crippen molar-refractivity contribution in [3.63, 3.8) is 0 Å². The lowest BCUT2D eigenvalue weighted by atomic mass is 9.89. The number of amides is 2. The third-order valence-electron chi connectivity index (χ3n) is 3.70. The highest BCUT2D eigenvalue weighted by molar-refractivity contribution is 5.73. The second kappa shape index (κ2) is 8.77. The van der Waals surface area contributed by atoms with Crippen LogP contribution in [0.5, 0.6) is 0 Å². The molecule has 0 unspecified atom stereocenters. The van der Waals surface area contributed by atoms with Crippen molar-refractivity contribution in [3.8, 4) is 0 Å². The Bertz CT molecular complexity index is 288. The van der Waals surface area contributed by atoms with E-state index in [0.717, 1.165) is 13.0 Å². The number of aliphatic carboxylic acids is 1. The van der Waals surface area contributed by atoms with Crippen LogP contribution in [0.2, 0.25) is 0 Å². The predicted octanol–water partition coefficient (Wildman–Crippen LogP) is 2.46. The molecule has 2 amide bonds. The first-order valence-corrected chi connectivity index (χ1v) is 7.30. The molecule has 1 rings (SSSR count). The fraction of sp³-hybridized carbons (Fsp3) is 0.857.